The van der Waals surface area contributed by atoms with E-state index in [1.54, 1.807) is 7.11 Å². The molecule has 0 saturated carbocycles. The van der Waals surface area contributed by atoms with Gasteiger partial charge in [0.2, 0.25) is 0 Å². The summed E-state index contributed by atoms with van der Waals surface area (Å²) in [5, 5.41) is 9.14. The van der Waals surface area contributed by atoms with Gasteiger partial charge in [-0.05, 0) is 17.0 Å². The fraction of sp³-hybridized carbons (Fsp3) is 0.600. The highest BCUT2D eigenvalue weighted by Gasteiger charge is 2.28. The van der Waals surface area contributed by atoms with Crippen LogP contribution in [0.2, 0.25) is 0 Å². The lowest BCUT2D eigenvalue weighted by atomic mass is 9.78. The summed E-state index contributed by atoms with van der Waals surface area (Å²) in [7, 11) is 1.57. The molecule has 0 spiro atoms. The van der Waals surface area contributed by atoms with Crippen molar-refractivity contribution < 1.29 is 4.74 Å². The minimum atomic E-state index is -0.0967. The topological polar surface area (TPSA) is 45.9 Å². The number of pyridine rings is 1. The van der Waals surface area contributed by atoms with Crippen LogP contribution in [0.4, 0.5) is 0 Å². The van der Waals surface area contributed by atoms with Gasteiger partial charge in [0.1, 0.15) is 6.07 Å². The molecule has 1 heterocycles. The number of nitrogens with zero attached hydrogens (tertiary/aromatic N) is 2. The van der Waals surface area contributed by atoms with Gasteiger partial charge in [0.25, 0.3) is 0 Å². The predicted octanol–water partition coefficient (Wildman–Crippen LogP) is 3.56. The highest BCUT2D eigenvalue weighted by molar-refractivity contribution is 5.46. The Labute approximate surface area is 110 Å². The van der Waals surface area contributed by atoms with Crippen LogP contribution in [-0.4, -0.2) is 12.1 Å². The predicted molar refractivity (Wildman–Crippen MR) is 72.9 cm³/mol. The van der Waals surface area contributed by atoms with Crippen molar-refractivity contribution in [1.29, 1.82) is 5.26 Å². The van der Waals surface area contributed by atoms with E-state index in [2.05, 4.69) is 52.6 Å². The fourth-order valence-electron chi connectivity index (χ4n) is 1.87. The second kappa shape index (κ2) is 4.61. The summed E-state index contributed by atoms with van der Waals surface area (Å²) >= 11 is 0. The molecular weight excluding hydrogens is 224 g/mol. The van der Waals surface area contributed by atoms with Crippen molar-refractivity contribution in [2.45, 2.75) is 52.4 Å². The molecule has 98 valence electrons. The first kappa shape index (κ1) is 14.5. The van der Waals surface area contributed by atoms with Gasteiger partial charge in [0, 0.05) is 5.41 Å². The summed E-state index contributed by atoms with van der Waals surface area (Å²) in [5.41, 5.74) is 2.32. The summed E-state index contributed by atoms with van der Waals surface area (Å²) in [6.07, 6.45) is 0. The van der Waals surface area contributed by atoms with E-state index < -0.39 is 0 Å². The zero-order valence-corrected chi connectivity index (χ0v) is 12.4. The van der Waals surface area contributed by atoms with Crippen LogP contribution in [0.25, 0.3) is 0 Å². The molecule has 18 heavy (non-hydrogen) atoms. The van der Waals surface area contributed by atoms with Gasteiger partial charge in [-0.15, -0.1) is 0 Å². The average molecular weight is 246 g/mol. The normalized spacial score (nSPS) is 12.1. The van der Waals surface area contributed by atoms with Gasteiger partial charge in [-0.1, -0.05) is 41.5 Å². The highest BCUT2D eigenvalue weighted by atomic mass is 16.5. The SMILES string of the molecule is COc1cc(C(C)(C)C)c(C(C)(C)C)nc1C#N. The van der Waals surface area contributed by atoms with E-state index in [4.69, 9.17) is 10.00 Å². The number of rotatable bonds is 1. The van der Waals surface area contributed by atoms with E-state index >= 15 is 0 Å². The maximum Gasteiger partial charge on any atom is 0.182 e. The molecule has 0 aliphatic heterocycles. The Balaban J connectivity index is 3.64. The molecule has 0 unspecified atom stereocenters. The summed E-state index contributed by atoms with van der Waals surface area (Å²) in [6.45, 7) is 12.8. The van der Waals surface area contributed by atoms with Crippen molar-refractivity contribution >= 4 is 0 Å². The molecule has 0 radical (unpaired) electrons. The Hall–Kier alpha value is -1.56. The number of hydrogen-bond acceptors (Lipinski definition) is 3. The number of hydrogen-bond donors (Lipinski definition) is 0. The molecule has 3 nitrogen and oxygen atoms in total. The van der Waals surface area contributed by atoms with Crippen molar-refractivity contribution in [1.82, 2.24) is 4.98 Å². The van der Waals surface area contributed by atoms with Gasteiger partial charge >= 0.3 is 0 Å². The molecule has 0 bridgehead atoms. The molecule has 3 heteroatoms. The minimum absolute atomic E-state index is 0.0309. The summed E-state index contributed by atoms with van der Waals surface area (Å²) in [6, 6.07) is 4.05. The highest BCUT2D eigenvalue weighted by Crippen LogP contribution is 2.35. The molecule has 1 aromatic rings. The molecular formula is C15H22N2O. The largest absolute Gasteiger partial charge is 0.494 e. The van der Waals surface area contributed by atoms with Crippen molar-refractivity contribution in [2.24, 2.45) is 0 Å². The number of methoxy groups -OCH3 is 1. The molecule has 1 aromatic heterocycles. The van der Waals surface area contributed by atoms with Gasteiger partial charge in [-0.2, -0.15) is 5.26 Å². The molecule has 0 atom stereocenters. The van der Waals surface area contributed by atoms with Crippen molar-refractivity contribution in [2.75, 3.05) is 7.11 Å². The standard InChI is InChI=1S/C15H22N2O/c1-14(2,3)10-8-12(18-7)11(9-16)17-13(10)15(4,5)6/h8H,1-7H3. The molecule has 1 rings (SSSR count). The van der Waals surface area contributed by atoms with Gasteiger partial charge in [-0.3, -0.25) is 0 Å². The van der Waals surface area contributed by atoms with Crippen LogP contribution in [0.5, 0.6) is 5.75 Å². The van der Waals surface area contributed by atoms with E-state index in [9.17, 15) is 0 Å². The van der Waals surface area contributed by atoms with E-state index in [0.717, 1.165) is 11.3 Å². The van der Waals surface area contributed by atoms with Crippen LogP contribution in [0.1, 0.15) is 58.5 Å². The van der Waals surface area contributed by atoms with Crippen LogP contribution in [0.3, 0.4) is 0 Å². The quantitative estimate of drug-likeness (QED) is 0.761. The number of ether oxygens (including phenoxy) is 1. The van der Waals surface area contributed by atoms with Crippen LogP contribution in [0, 0.1) is 11.3 Å². The molecule has 0 saturated heterocycles. The molecule has 0 aliphatic carbocycles. The fourth-order valence-corrected chi connectivity index (χ4v) is 1.87. The van der Waals surface area contributed by atoms with Crippen LogP contribution < -0.4 is 4.74 Å². The first-order chi connectivity index (χ1) is 8.11. The molecule has 0 fully saturated rings. The molecule has 0 N–H and O–H groups in total. The maximum atomic E-state index is 9.14. The van der Waals surface area contributed by atoms with Gasteiger partial charge < -0.3 is 4.74 Å². The number of aromatic nitrogens is 1. The average Bonchev–Trinajstić information content (AvgIpc) is 2.24. The third-order valence-electron chi connectivity index (χ3n) is 2.83. The van der Waals surface area contributed by atoms with E-state index in [1.165, 1.54) is 0 Å². The lowest BCUT2D eigenvalue weighted by Gasteiger charge is -2.29. The van der Waals surface area contributed by atoms with Crippen LogP contribution in [0.15, 0.2) is 6.07 Å². The van der Waals surface area contributed by atoms with Crippen LogP contribution in [-0.2, 0) is 10.8 Å². The maximum absolute atomic E-state index is 9.14. The van der Waals surface area contributed by atoms with Crippen LogP contribution >= 0.6 is 0 Å². The molecule has 0 amide bonds. The van der Waals surface area contributed by atoms with Crippen molar-refractivity contribution in [3.05, 3.63) is 23.0 Å². The Bertz CT molecular complexity index is 485. The molecule has 0 aliphatic rings. The smallest absolute Gasteiger partial charge is 0.182 e. The second-order valence-electron chi connectivity index (χ2n) is 6.55. The summed E-state index contributed by atoms with van der Waals surface area (Å²) in [4.78, 5) is 4.51. The lowest BCUT2D eigenvalue weighted by Crippen LogP contribution is -2.24. The van der Waals surface area contributed by atoms with Gasteiger partial charge in [0.15, 0.2) is 11.4 Å². The minimum Gasteiger partial charge on any atom is -0.494 e. The summed E-state index contributed by atoms with van der Waals surface area (Å²) in [5.74, 6) is 0.551. The summed E-state index contributed by atoms with van der Waals surface area (Å²) < 4.78 is 5.25. The Morgan fingerprint density at radius 2 is 1.67 bits per heavy atom. The van der Waals surface area contributed by atoms with Crippen molar-refractivity contribution in [3.8, 4) is 11.8 Å². The van der Waals surface area contributed by atoms with Gasteiger partial charge in [0.05, 0.1) is 12.8 Å². The Morgan fingerprint density at radius 1 is 1.11 bits per heavy atom. The third kappa shape index (κ3) is 2.81. The first-order valence-electron chi connectivity index (χ1n) is 6.11. The lowest BCUT2D eigenvalue weighted by molar-refractivity contribution is 0.405. The molecule has 0 aromatic carbocycles. The van der Waals surface area contributed by atoms with E-state index in [0.29, 0.717) is 11.4 Å². The Kier molecular flexibility index (Phi) is 3.71. The van der Waals surface area contributed by atoms with E-state index in [1.807, 2.05) is 6.07 Å². The third-order valence-corrected chi connectivity index (χ3v) is 2.83. The zero-order chi connectivity index (χ0) is 14.1. The number of nitriles is 1. The first-order valence-corrected chi connectivity index (χ1v) is 6.11. The monoisotopic (exact) mass is 246 g/mol. The van der Waals surface area contributed by atoms with Gasteiger partial charge in [-0.25, -0.2) is 4.98 Å². The zero-order valence-electron chi connectivity index (χ0n) is 12.4. The Morgan fingerprint density at radius 3 is 2.00 bits per heavy atom. The second-order valence-corrected chi connectivity index (χ2v) is 6.55. The van der Waals surface area contributed by atoms with E-state index in [-0.39, 0.29) is 10.8 Å². The van der Waals surface area contributed by atoms with Crippen molar-refractivity contribution in [3.63, 3.8) is 0 Å².